The van der Waals surface area contributed by atoms with Crippen LogP contribution in [-0.2, 0) is 0 Å². The average Bonchev–Trinajstić information content (AvgIpc) is 2.62. The molecule has 0 aliphatic rings. The predicted molar refractivity (Wildman–Crippen MR) is 100 cm³/mol. The Balaban J connectivity index is 2.18. The second-order valence-electron chi connectivity index (χ2n) is 5.16. The molecule has 10 heteroatoms. The van der Waals surface area contributed by atoms with E-state index in [0.29, 0.717) is 18.8 Å². The minimum absolute atomic E-state index is 0.0269. The van der Waals surface area contributed by atoms with Crippen molar-refractivity contribution in [1.29, 1.82) is 0 Å². The lowest BCUT2D eigenvalue weighted by atomic mass is 10.2. The molecule has 2 aromatic rings. The van der Waals surface area contributed by atoms with Gasteiger partial charge in [-0.1, -0.05) is 23.2 Å². The molecular weight excluding hydrogens is 383 g/mol. The highest BCUT2D eigenvalue weighted by atomic mass is 35.5. The van der Waals surface area contributed by atoms with E-state index in [9.17, 15) is 10.1 Å². The summed E-state index contributed by atoms with van der Waals surface area (Å²) < 4.78 is 0. The molecule has 0 aliphatic carbocycles. The highest BCUT2D eigenvalue weighted by Crippen LogP contribution is 2.36. The monoisotopic (exact) mass is 398 g/mol. The number of halogens is 2. The molecule has 0 aromatic heterocycles. The van der Waals surface area contributed by atoms with Gasteiger partial charge < -0.3 is 15.1 Å². The van der Waals surface area contributed by atoms with Crippen LogP contribution >= 0.6 is 23.2 Å². The van der Waals surface area contributed by atoms with Crippen LogP contribution in [0.25, 0.3) is 0 Å². The maximum absolute atomic E-state index is 10.8. The van der Waals surface area contributed by atoms with Gasteiger partial charge in [-0.15, -0.1) is 5.11 Å². The Hall–Kier alpha value is -2.26. The number of nitro groups is 1. The van der Waals surface area contributed by atoms with E-state index in [4.69, 9.17) is 33.4 Å². The number of azo groups is 1. The smallest absolute Gasteiger partial charge is 0.289 e. The Morgan fingerprint density at radius 2 is 1.62 bits per heavy atom. The number of anilines is 1. The van der Waals surface area contributed by atoms with Gasteiger partial charge in [-0.05, 0) is 30.3 Å². The lowest BCUT2D eigenvalue weighted by Crippen LogP contribution is -2.29. The van der Waals surface area contributed by atoms with E-state index < -0.39 is 4.92 Å². The van der Waals surface area contributed by atoms with Crippen molar-refractivity contribution in [2.24, 2.45) is 10.2 Å². The van der Waals surface area contributed by atoms with Crippen LogP contribution in [0.15, 0.2) is 46.6 Å². The maximum atomic E-state index is 10.8. The van der Waals surface area contributed by atoms with Gasteiger partial charge >= 0.3 is 0 Å². The van der Waals surface area contributed by atoms with Crippen molar-refractivity contribution in [2.75, 3.05) is 31.2 Å². The Labute approximate surface area is 159 Å². The van der Waals surface area contributed by atoms with Crippen LogP contribution in [0.4, 0.5) is 22.7 Å². The molecule has 0 spiro atoms. The van der Waals surface area contributed by atoms with Crippen molar-refractivity contribution in [3.05, 3.63) is 56.6 Å². The van der Waals surface area contributed by atoms with Gasteiger partial charge in [0.2, 0.25) is 0 Å². The molecule has 2 rings (SSSR count). The first-order chi connectivity index (χ1) is 12.5. The molecule has 0 heterocycles. The fraction of sp³-hybridized carbons (Fsp3) is 0.250. The summed E-state index contributed by atoms with van der Waals surface area (Å²) in [5.74, 6) is 0. The first kappa shape index (κ1) is 20.1. The molecule has 0 unspecified atom stereocenters. The van der Waals surface area contributed by atoms with Crippen molar-refractivity contribution in [3.63, 3.8) is 0 Å². The summed E-state index contributed by atoms with van der Waals surface area (Å²) in [6.45, 7) is 0.748. The molecule has 0 radical (unpaired) electrons. The minimum Gasteiger partial charge on any atom is -0.395 e. The van der Waals surface area contributed by atoms with Gasteiger partial charge in [-0.2, -0.15) is 5.11 Å². The van der Waals surface area contributed by atoms with E-state index in [1.54, 1.807) is 24.3 Å². The topological polar surface area (TPSA) is 112 Å². The van der Waals surface area contributed by atoms with Crippen LogP contribution in [0.2, 0.25) is 10.0 Å². The molecule has 0 fully saturated rings. The molecule has 0 saturated heterocycles. The zero-order valence-corrected chi connectivity index (χ0v) is 15.1. The number of hydrogen-bond acceptors (Lipinski definition) is 7. The summed E-state index contributed by atoms with van der Waals surface area (Å²) in [6.07, 6.45) is 0. The molecule has 8 nitrogen and oxygen atoms in total. The van der Waals surface area contributed by atoms with Gasteiger partial charge in [0.15, 0.2) is 0 Å². The number of hydrogen-bond donors (Lipinski definition) is 2. The second kappa shape index (κ2) is 9.44. The summed E-state index contributed by atoms with van der Waals surface area (Å²) in [5, 5.41) is 37.0. The molecule has 0 amide bonds. The Morgan fingerprint density at radius 1 is 1.00 bits per heavy atom. The van der Waals surface area contributed by atoms with Crippen LogP contribution in [0.3, 0.4) is 0 Å². The van der Waals surface area contributed by atoms with E-state index in [1.165, 1.54) is 6.07 Å². The summed E-state index contributed by atoms with van der Waals surface area (Å²) in [7, 11) is 0. The van der Waals surface area contributed by atoms with E-state index in [1.807, 2.05) is 4.90 Å². The Kier molecular flexibility index (Phi) is 7.28. The summed E-state index contributed by atoms with van der Waals surface area (Å²) in [6, 6.07) is 9.39. The largest absolute Gasteiger partial charge is 0.395 e. The fourth-order valence-electron chi connectivity index (χ4n) is 2.20. The Bertz CT molecular complexity index is 794. The van der Waals surface area contributed by atoms with E-state index in [0.717, 1.165) is 11.8 Å². The average molecular weight is 399 g/mol. The number of aliphatic hydroxyl groups is 2. The van der Waals surface area contributed by atoms with Gasteiger partial charge in [0.25, 0.3) is 5.69 Å². The van der Waals surface area contributed by atoms with Gasteiger partial charge in [0.1, 0.15) is 10.7 Å². The lowest BCUT2D eigenvalue weighted by Gasteiger charge is -2.22. The predicted octanol–water partition coefficient (Wildman–Crippen LogP) is 4.11. The SMILES string of the molecule is O=[N+]([O-])c1cc(Cl)c(N=Nc2ccc(N(CCO)CCO)cc2)cc1Cl. The molecule has 2 N–H and O–H groups in total. The molecular formula is C16H16Cl2N4O4. The summed E-state index contributed by atoms with van der Waals surface area (Å²) in [5.41, 5.74) is 1.28. The lowest BCUT2D eigenvalue weighted by molar-refractivity contribution is -0.384. The maximum Gasteiger partial charge on any atom is 0.289 e. The van der Waals surface area contributed by atoms with Crippen molar-refractivity contribution >= 4 is 46.0 Å². The standard InChI is InChI=1S/C16H16Cl2N4O4/c17-13-10-16(22(25)26)14(18)9-15(13)20-19-11-1-3-12(4-2-11)21(5-7-23)6-8-24/h1-4,9-10,23-24H,5-8H2. The summed E-state index contributed by atoms with van der Waals surface area (Å²) >= 11 is 11.8. The van der Waals surface area contributed by atoms with Gasteiger partial charge in [0.05, 0.1) is 28.8 Å². The second-order valence-corrected chi connectivity index (χ2v) is 5.98. The number of aliphatic hydroxyl groups excluding tert-OH is 2. The van der Waals surface area contributed by atoms with Crippen LogP contribution in [0.1, 0.15) is 0 Å². The van der Waals surface area contributed by atoms with Crippen molar-refractivity contribution in [3.8, 4) is 0 Å². The first-order valence-electron chi connectivity index (χ1n) is 7.58. The molecule has 138 valence electrons. The Morgan fingerprint density at radius 3 is 2.15 bits per heavy atom. The van der Waals surface area contributed by atoms with Crippen LogP contribution in [-0.4, -0.2) is 41.4 Å². The number of benzene rings is 2. The molecule has 0 atom stereocenters. The molecule has 26 heavy (non-hydrogen) atoms. The highest BCUT2D eigenvalue weighted by Gasteiger charge is 2.16. The molecule has 0 saturated carbocycles. The number of nitro benzene ring substituents is 1. The van der Waals surface area contributed by atoms with E-state index in [-0.39, 0.29) is 34.6 Å². The summed E-state index contributed by atoms with van der Waals surface area (Å²) in [4.78, 5) is 12.0. The van der Waals surface area contributed by atoms with Crippen LogP contribution in [0, 0.1) is 10.1 Å². The van der Waals surface area contributed by atoms with Gasteiger partial charge in [0, 0.05) is 24.8 Å². The molecule has 0 aliphatic heterocycles. The highest BCUT2D eigenvalue weighted by molar-refractivity contribution is 6.36. The fourth-order valence-corrected chi connectivity index (χ4v) is 2.62. The normalized spacial score (nSPS) is 11.1. The van der Waals surface area contributed by atoms with Crippen molar-refractivity contribution in [1.82, 2.24) is 0 Å². The minimum atomic E-state index is -0.627. The third-order valence-electron chi connectivity index (χ3n) is 3.44. The van der Waals surface area contributed by atoms with Crippen molar-refractivity contribution < 1.29 is 15.1 Å². The quantitative estimate of drug-likeness (QED) is 0.394. The van der Waals surface area contributed by atoms with Crippen LogP contribution in [0.5, 0.6) is 0 Å². The van der Waals surface area contributed by atoms with Crippen LogP contribution < -0.4 is 4.90 Å². The third kappa shape index (κ3) is 5.12. The van der Waals surface area contributed by atoms with E-state index >= 15 is 0 Å². The molecule has 0 bridgehead atoms. The van der Waals surface area contributed by atoms with Crippen molar-refractivity contribution in [2.45, 2.75) is 0 Å². The molecule has 2 aromatic carbocycles. The third-order valence-corrected chi connectivity index (χ3v) is 4.05. The zero-order chi connectivity index (χ0) is 19.1. The van der Waals surface area contributed by atoms with Gasteiger partial charge in [-0.25, -0.2) is 0 Å². The van der Waals surface area contributed by atoms with E-state index in [2.05, 4.69) is 10.2 Å². The number of rotatable bonds is 8. The first-order valence-corrected chi connectivity index (χ1v) is 8.33. The number of nitrogens with zero attached hydrogens (tertiary/aromatic N) is 4. The van der Waals surface area contributed by atoms with Gasteiger partial charge in [-0.3, -0.25) is 10.1 Å². The zero-order valence-electron chi connectivity index (χ0n) is 13.5.